The van der Waals surface area contributed by atoms with Crippen LogP contribution >= 0.6 is 0 Å². The Kier molecular flexibility index (Phi) is 4.85. The Morgan fingerprint density at radius 1 is 1.50 bits per heavy atom. The molecule has 0 aromatic carbocycles. The van der Waals surface area contributed by atoms with E-state index in [2.05, 4.69) is 25.7 Å². The summed E-state index contributed by atoms with van der Waals surface area (Å²) < 4.78 is 5.41. The summed E-state index contributed by atoms with van der Waals surface area (Å²) in [6, 6.07) is 0.552. The van der Waals surface area contributed by atoms with Crippen LogP contribution in [0.3, 0.4) is 0 Å². The quantitative estimate of drug-likeness (QED) is 0.734. The van der Waals surface area contributed by atoms with E-state index in [1.165, 1.54) is 0 Å². The van der Waals surface area contributed by atoms with E-state index in [1.807, 2.05) is 0 Å². The van der Waals surface area contributed by atoms with E-state index >= 15 is 0 Å². The van der Waals surface area contributed by atoms with Gasteiger partial charge in [-0.2, -0.15) is 0 Å². The van der Waals surface area contributed by atoms with Crippen molar-refractivity contribution in [3.63, 3.8) is 0 Å². The van der Waals surface area contributed by atoms with E-state index in [1.54, 1.807) is 0 Å². The van der Waals surface area contributed by atoms with Crippen LogP contribution in [0.15, 0.2) is 0 Å². The molecule has 3 heteroatoms. The molecular weight excluding hydrogens is 176 g/mol. The van der Waals surface area contributed by atoms with Gasteiger partial charge in [0.25, 0.3) is 0 Å². The highest BCUT2D eigenvalue weighted by Crippen LogP contribution is 2.15. The zero-order chi connectivity index (χ0) is 10.6. The molecule has 2 unspecified atom stereocenters. The zero-order valence-electron chi connectivity index (χ0n) is 9.70. The van der Waals surface area contributed by atoms with Gasteiger partial charge in [-0.05, 0) is 25.3 Å². The van der Waals surface area contributed by atoms with Crippen molar-refractivity contribution in [1.82, 2.24) is 4.90 Å². The Bertz CT molecular complexity index is 161. The second-order valence-electron chi connectivity index (χ2n) is 4.66. The number of nitrogens with two attached hydrogens (primary N) is 1. The third-order valence-electron chi connectivity index (χ3n) is 3.22. The minimum absolute atomic E-state index is 0.552. The van der Waals surface area contributed by atoms with Crippen LogP contribution in [0.2, 0.25) is 0 Å². The summed E-state index contributed by atoms with van der Waals surface area (Å²) in [5.74, 6) is 1.30. The van der Waals surface area contributed by atoms with Gasteiger partial charge in [-0.1, -0.05) is 13.8 Å². The lowest BCUT2D eigenvalue weighted by Gasteiger charge is -2.36. The second-order valence-corrected chi connectivity index (χ2v) is 4.66. The highest BCUT2D eigenvalue weighted by atomic mass is 16.5. The monoisotopic (exact) mass is 200 g/mol. The predicted molar refractivity (Wildman–Crippen MR) is 59.2 cm³/mol. The number of hydrogen-bond donors (Lipinski definition) is 1. The Balaban J connectivity index is 2.39. The molecule has 84 valence electrons. The fraction of sp³-hybridized carbons (Fsp3) is 1.00. The Morgan fingerprint density at radius 2 is 2.21 bits per heavy atom. The van der Waals surface area contributed by atoms with Crippen LogP contribution in [0, 0.1) is 11.8 Å². The molecule has 0 saturated carbocycles. The summed E-state index contributed by atoms with van der Waals surface area (Å²) >= 11 is 0. The van der Waals surface area contributed by atoms with Crippen molar-refractivity contribution in [1.29, 1.82) is 0 Å². The fourth-order valence-electron chi connectivity index (χ4n) is 1.89. The van der Waals surface area contributed by atoms with Crippen molar-refractivity contribution in [2.24, 2.45) is 17.6 Å². The molecule has 1 fully saturated rings. The highest BCUT2D eigenvalue weighted by molar-refractivity contribution is 4.76. The van der Waals surface area contributed by atoms with Crippen molar-refractivity contribution < 1.29 is 4.74 Å². The van der Waals surface area contributed by atoms with Crippen molar-refractivity contribution in [2.45, 2.75) is 26.8 Å². The first-order valence-corrected chi connectivity index (χ1v) is 5.67. The van der Waals surface area contributed by atoms with E-state index in [0.717, 1.165) is 32.8 Å². The van der Waals surface area contributed by atoms with Gasteiger partial charge < -0.3 is 10.5 Å². The number of morpholine rings is 1. The molecule has 0 spiro atoms. The Hall–Kier alpha value is -0.120. The predicted octanol–water partition coefficient (Wildman–Crippen LogP) is 0.938. The van der Waals surface area contributed by atoms with Crippen LogP contribution < -0.4 is 5.73 Å². The van der Waals surface area contributed by atoms with E-state index < -0.39 is 0 Å². The van der Waals surface area contributed by atoms with Crippen LogP contribution in [0.1, 0.15) is 20.8 Å². The molecule has 2 N–H and O–H groups in total. The van der Waals surface area contributed by atoms with Crippen molar-refractivity contribution >= 4 is 0 Å². The molecule has 2 atom stereocenters. The lowest BCUT2D eigenvalue weighted by Crippen LogP contribution is -2.47. The first-order valence-electron chi connectivity index (χ1n) is 5.67. The largest absolute Gasteiger partial charge is 0.379 e. The molecule has 1 aliphatic rings. The summed E-state index contributed by atoms with van der Waals surface area (Å²) in [7, 11) is 0. The van der Waals surface area contributed by atoms with Crippen molar-refractivity contribution in [3.8, 4) is 0 Å². The van der Waals surface area contributed by atoms with Crippen LogP contribution in [-0.4, -0.2) is 43.8 Å². The van der Waals surface area contributed by atoms with Crippen LogP contribution in [0.4, 0.5) is 0 Å². The molecule has 1 saturated heterocycles. The number of ether oxygens (including phenoxy) is 1. The summed E-state index contributed by atoms with van der Waals surface area (Å²) in [4.78, 5) is 2.50. The first-order chi connectivity index (χ1) is 6.65. The number of rotatable bonds is 4. The standard InChI is InChI=1S/C11H24N2O/c1-9(2)11(6-12)7-13-4-5-14-8-10(13)3/h9-11H,4-8,12H2,1-3H3. The topological polar surface area (TPSA) is 38.5 Å². The lowest BCUT2D eigenvalue weighted by atomic mass is 9.95. The summed E-state index contributed by atoms with van der Waals surface area (Å²) in [6.45, 7) is 11.5. The average Bonchev–Trinajstić information content (AvgIpc) is 2.16. The second kappa shape index (κ2) is 5.69. The van der Waals surface area contributed by atoms with E-state index in [0.29, 0.717) is 17.9 Å². The molecular formula is C11H24N2O. The van der Waals surface area contributed by atoms with Gasteiger partial charge in [-0.25, -0.2) is 0 Å². The minimum atomic E-state index is 0.552. The van der Waals surface area contributed by atoms with Gasteiger partial charge in [0.15, 0.2) is 0 Å². The van der Waals surface area contributed by atoms with Crippen molar-refractivity contribution in [2.75, 3.05) is 32.8 Å². The van der Waals surface area contributed by atoms with E-state index in [-0.39, 0.29) is 0 Å². The molecule has 1 aliphatic heterocycles. The minimum Gasteiger partial charge on any atom is -0.379 e. The smallest absolute Gasteiger partial charge is 0.0619 e. The molecule has 0 aromatic heterocycles. The Labute approximate surface area is 87.6 Å². The maximum absolute atomic E-state index is 5.78. The molecule has 1 rings (SSSR count). The van der Waals surface area contributed by atoms with Crippen LogP contribution in [-0.2, 0) is 4.74 Å². The molecule has 0 bridgehead atoms. The zero-order valence-corrected chi connectivity index (χ0v) is 9.70. The molecule has 0 aromatic rings. The number of hydrogen-bond acceptors (Lipinski definition) is 3. The summed E-state index contributed by atoms with van der Waals surface area (Å²) in [5, 5.41) is 0. The summed E-state index contributed by atoms with van der Waals surface area (Å²) in [5.41, 5.74) is 5.78. The maximum Gasteiger partial charge on any atom is 0.0619 e. The average molecular weight is 200 g/mol. The van der Waals surface area contributed by atoms with Gasteiger partial charge in [0.1, 0.15) is 0 Å². The van der Waals surface area contributed by atoms with Gasteiger partial charge >= 0.3 is 0 Å². The summed E-state index contributed by atoms with van der Waals surface area (Å²) in [6.07, 6.45) is 0. The van der Waals surface area contributed by atoms with E-state index in [9.17, 15) is 0 Å². The van der Waals surface area contributed by atoms with Crippen molar-refractivity contribution in [3.05, 3.63) is 0 Å². The van der Waals surface area contributed by atoms with Crippen LogP contribution in [0.25, 0.3) is 0 Å². The normalized spacial score (nSPS) is 26.8. The van der Waals surface area contributed by atoms with Gasteiger partial charge in [0, 0.05) is 19.1 Å². The van der Waals surface area contributed by atoms with E-state index in [4.69, 9.17) is 10.5 Å². The van der Waals surface area contributed by atoms with Gasteiger partial charge in [-0.3, -0.25) is 4.90 Å². The molecule has 0 aliphatic carbocycles. The molecule has 0 amide bonds. The third-order valence-corrected chi connectivity index (χ3v) is 3.22. The third kappa shape index (κ3) is 3.23. The highest BCUT2D eigenvalue weighted by Gasteiger charge is 2.22. The molecule has 14 heavy (non-hydrogen) atoms. The molecule has 0 radical (unpaired) electrons. The fourth-order valence-corrected chi connectivity index (χ4v) is 1.89. The lowest BCUT2D eigenvalue weighted by molar-refractivity contribution is -0.00964. The van der Waals surface area contributed by atoms with Crippen LogP contribution in [0.5, 0.6) is 0 Å². The molecule has 1 heterocycles. The molecule has 3 nitrogen and oxygen atoms in total. The Morgan fingerprint density at radius 3 is 2.71 bits per heavy atom. The SMILES string of the molecule is CC(C)C(CN)CN1CCOCC1C. The maximum atomic E-state index is 5.78. The number of nitrogens with zero attached hydrogens (tertiary/aromatic N) is 1. The van der Waals surface area contributed by atoms with Gasteiger partial charge in [0.2, 0.25) is 0 Å². The first kappa shape index (κ1) is 12.0. The van der Waals surface area contributed by atoms with Gasteiger partial charge in [-0.15, -0.1) is 0 Å². The van der Waals surface area contributed by atoms with Gasteiger partial charge in [0.05, 0.1) is 13.2 Å².